The summed E-state index contributed by atoms with van der Waals surface area (Å²) in [6, 6.07) is 6.55. The molecule has 1 aromatic carbocycles. The van der Waals surface area contributed by atoms with Crippen LogP contribution in [0.4, 0.5) is 0 Å². The van der Waals surface area contributed by atoms with E-state index in [1.165, 1.54) is 0 Å². The minimum Gasteiger partial charge on any atom is -0.223 e. The molecule has 0 saturated carbocycles. The minimum absolute atomic E-state index is 0.0400. The zero-order valence-electron chi connectivity index (χ0n) is 6.00. The van der Waals surface area contributed by atoms with E-state index in [4.69, 9.17) is 0 Å². The maximum absolute atomic E-state index is 11.3. The van der Waals surface area contributed by atoms with Crippen LogP contribution in [0.25, 0.3) is 0 Å². The van der Waals surface area contributed by atoms with Gasteiger partial charge in [-0.15, -0.1) is 0 Å². The van der Waals surface area contributed by atoms with E-state index in [0.29, 0.717) is 4.90 Å². The van der Waals surface area contributed by atoms with Gasteiger partial charge in [-0.25, -0.2) is 8.42 Å². The van der Waals surface area contributed by atoms with E-state index in [-0.39, 0.29) is 4.66 Å². The predicted molar refractivity (Wildman–Crippen MR) is 55.1 cm³/mol. The number of rotatable bonds is 2. The van der Waals surface area contributed by atoms with E-state index in [2.05, 4.69) is 31.9 Å². The van der Waals surface area contributed by atoms with Crippen LogP contribution in [-0.4, -0.2) is 13.1 Å². The molecule has 0 heterocycles. The van der Waals surface area contributed by atoms with Gasteiger partial charge in [-0.05, 0) is 24.3 Å². The van der Waals surface area contributed by atoms with E-state index in [1.807, 2.05) is 0 Å². The fourth-order valence-corrected chi connectivity index (χ4v) is 2.44. The molecular formula is C7H6Br2O2S. The summed E-state index contributed by atoms with van der Waals surface area (Å²) in [4.78, 5) is 0.336. The van der Waals surface area contributed by atoms with Gasteiger partial charge in [-0.1, -0.05) is 31.9 Å². The average Bonchev–Trinajstić information content (AvgIpc) is 2.05. The number of hydrogen-bond acceptors (Lipinski definition) is 2. The van der Waals surface area contributed by atoms with Gasteiger partial charge in [-0.2, -0.15) is 0 Å². The molecule has 12 heavy (non-hydrogen) atoms. The molecule has 0 aliphatic carbocycles. The van der Waals surface area contributed by atoms with Crippen molar-refractivity contribution in [2.45, 2.75) is 4.90 Å². The summed E-state index contributed by atoms with van der Waals surface area (Å²) in [5.41, 5.74) is 0. The third-order valence-corrected chi connectivity index (χ3v) is 4.93. The molecule has 1 rings (SSSR count). The summed E-state index contributed by atoms with van der Waals surface area (Å²) in [6.07, 6.45) is 0. The molecule has 0 spiro atoms. The normalized spacial score (nSPS) is 11.5. The quantitative estimate of drug-likeness (QED) is 0.786. The van der Waals surface area contributed by atoms with Gasteiger partial charge in [0.15, 0.2) is 9.84 Å². The number of benzene rings is 1. The third kappa shape index (κ3) is 2.31. The SMILES string of the molecule is O=S(=O)(CBr)c1ccc(Br)cc1. The second-order valence-electron chi connectivity index (χ2n) is 2.18. The van der Waals surface area contributed by atoms with Crippen LogP contribution in [0.5, 0.6) is 0 Å². The van der Waals surface area contributed by atoms with Crippen LogP contribution >= 0.6 is 31.9 Å². The highest BCUT2D eigenvalue weighted by Gasteiger charge is 2.10. The van der Waals surface area contributed by atoms with Crippen LogP contribution in [0, 0.1) is 0 Å². The lowest BCUT2D eigenvalue weighted by atomic mass is 10.4. The summed E-state index contributed by atoms with van der Waals surface area (Å²) < 4.78 is 23.3. The Kier molecular flexibility index (Phi) is 3.31. The highest BCUT2D eigenvalue weighted by atomic mass is 79.9. The molecule has 0 aromatic heterocycles. The Hall–Kier alpha value is 0.130. The molecule has 0 saturated heterocycles. The average molecular weight is 314 g/mol. The van der Waals surface area contributed by atoms with Gasteiger partial charge in [0, 0.05) is 4.47 Å². The highest BCUT2D eigenvalue weighted by Crippen LogP contribution is 2.16. The summed E-state index contributed by atoms with van der Waals surface area (Å²) in [5, 5.41) is 0. The number of sulfone groups is 1. The summed E-state index contributed by atoms with van der Waals surface area (Å²) in [7, 11) is -3.12. The molecule has 0 radical (unpaired) electrons. The number of halogens is 2. The lowest BCUT2D eigenvalue weighted by molar-refractivity contribution is 0.601. The van der Waals surface area contributed by atoms with E-state index < -0.39 is 9.84 Å². The Morgan fingerprint density at radius 1 is 1.17 bits per heavy atom. The Morgan fingerprint density at radius 2 is 1.67 bits per heavy atom. The third-order valence-electron chi connectivity index (χ3n) is 1.32. The molecule has 0 fully saturated rings. The van der Waals surface area contributed by atoms with Crippen LogP contribution in [0.15, 0.2) is 33.6 Å². The standard InChI is InChI=1S/C7H6Br2O2S/c8-5-12(10,11)7-3-1-6(9)2-4-7/h1-4H,5H2. The monoisotopic (exact) mass is 312 g/mol. The molecule has 0 amide bonds. The minimum atomic E-state index is -3.12. The largest absolute Gasteiger partial charge is 0.223 e. The molecule has 1 aromatic rings. The fourth-order valence-electron chi connectivity index (χ4n) is 0.705. The van der Waals surface area contributed by atoms with Gasteiger partial charge >= 0.3 is 0 Å². The first-order valence-corrected chi connectivity index (χ1v) is 6.67. The van der Waals surface area contributed by atoms with Crippen LogP contribution in [0.1, 0.15) is 0 Å². The second-order valence-corrected chi connectivity index (χ2v) is 6.39. The summed E-state index contributed by atoms with van der Waals surface area (Å²) in [5.74, 6) is 0. The molecule has 0 atom stereocenters. The van der Waals surface area contributed by atoms with Crippen molar-refractivity contribution >= 4 is 41.7 Å². The molecule has 0 aliphatic rings. The van der Waals surface area contributed by atoms with Gasteiger partial charge < -0.3 is 0 Å². The lowest BCUT2D eigenvalue weighted by Crippen LogP contribution is -2.00. The van der Waals surface area contributed by atoms with Crippen molar-refractivity contribution in [3.8, 4) is 0 Å². The maximum Gasteiger partial charge on any atom is 0.188 e. The highest BCUT2D eigenvalue weighted by molar-refractivity contribution is 9.11. The first-order chi connectivity index (χ1) is 5.56. The Bertz CT molecular complexity index is 355. The molecule has 5 heteroatoms. The Morgan fingerprint density at radius 3 is 2.08 bits per heavy atom. The fraction of sp³-hybridized carbons (Fsp3) is 0.143. The van der Waals surface area contributed by atoms with Crippen molar-refractivity contribution in [3.63, 3.8) is 0 Å². The zero-order chi connectivity index (χ0) is 9.19. The predicted octanol–water partition coefficient (Wildman–Crippen LogP) is 2.58. The van der Waals surface area contributed by atoms with Crippen molar-refractivity contribution in [2.24, 2.45) is 0 Å². The van der Waals surface area contributed by atoms with E-state index >= 15 is 0 Å². The molecule has 0 unspecified atom stereocenters. The van der Waals surface area contributed by atoms with Gasteiger partial charge in [-0.3, -0.25) is 0 Å². The van der Waals surface area contributed by atoms with Crippen molar-refractivity contribution in [2.75, 3.05) is 4.66 Å². The Balaban J connectivity index is 3.14. The van der Waals surface area contributed by atoms with Crippen LogP contribution in [0.3, 0.4) is 0 Å². The molecular weight excluding hydrogens is 308 g/mol. The van der Waals surface area contributed by atoms with Gasteiger partial charge in [0.1, 0.15) is 4.66 Å². The first-order valence-electron chi connectivity index (χ1n) is 3.10. The second kappa shape index (κ2) is 3.89. The van der Waals surface area contributed by atoms with Crippen molar-refractivity contribution < 1.29 is 8.42 Å². The smallest absolute Gasteiger partial charge is 0.188 e. The topological polar surface area (TPSA) is 34.1 Å². The molecule has 0 bridgehead atoms. The van der Waals surface area contributed by atoms with Crippen molar-refractivity contribution in [1.82, 2.24) is 0 Å². The van der Waals surface area contributed by atoms with Crippen LogP contribution in [-0.2, 0) is 9.84 Å². The zero-order valence-corrected chi connectivity index (χ0v) is 9.99. The molecule has 66 valence electrons. The van der Waals surface area contributed by atoms with Crippen molar-refractivity contribution in [3.05, 3.63) is 28.7 Å². The first kappa shape index (κ1) is 10.2. The summed E-state index contributed by atoms with van der Waals surface area (Å²) in [6.45, 7) is 0. The molecule has 2 nitrogen and oxygen atoms in total. The van der Waals surface area contributed by atoms with Crippen molar-refractivity contribution in [1.29, 1.82) is 0 Å². The van der Waals surface area contributed by atoms with E-state index in [9.17, 15) is 8.42 Å². The van der Waals surface area contributed by atoms with Gasteiger partial charge in [0.25, 0.3) is 0 Å². The molecule has 0 N–H and O–H groups in total. The maximum atomic E-state index is 11.3. The number of alkyl halides is 1. The summed E-state index contributed by atoms with van der Waals surface area (Å²) >= 11 is 6.15. The van der Waals surface area contributed by atoms with Gasteiger partial charge in [0.2, 0.25) is 0 Å². The van der Waals surface area contributed by atoms with E-state index in [0.717, 1.165) is 4.47 Å². The van der Waals surface area contributed by atoms with Crippen LogP contribution < -0.4 is 0 Å². The Labute approximate surface area is 88.2 Å². The van der Waals surface area contributed by atoms with Crippen LogP contribution in [0.2, 0.25) is 0 Å². The molecule has 0 aliphatic heterocycles. The van der Waals surface area contributed by atoms with E-state index in [1.54, 1.807) is 24.3 Å². The number of hydrogen-bond donors (Lipinski definition) is 0. The van der Waals surface area contributed by atoms with Gasteiger partial charge in [0.05, 0.1) is 4.90 Å². The lowest BCUT2D eigenvalue weighted by Gasteiger charge is -1.98.